The number of unbranched alkanes of at least 4 members (excludes halogenated alkanes) is 1. The summed E-state index contributed by atoms with van der Waals surface area (Å²) in [7, 11) is 0. The molecule has 0 saturated heterocycles. The average Bonchev–Trinajstić information content (AvgIpc) is 3.31. The molecule has 1 aliphatic rings. The molecule has 0 aliphatic carbocycles. The molecule has 0 fully saturated rings. The Kier molecular flexibility index (Phi) is 9.98. The Morgan fingerprint density at radius 2 is 1.33 bits per heavy atom. The second kappa shape index (κ2) is 12.8. The van der Waals surface area contributed by atoms with Gasteiger partial charge in [-0.25, -0.2) is 4.39 Å². The summed E-state index contributed by atoms with van der Waals surface area (Å²) in [5.74, 6) is 0. The van der Waals surface area contributed by atoms with Gasteiger partial charge in [0.15, 0.2) is 0 Å². The maximum Gasteiger partial charge on any atom is 0.416 e. The summed E-state index contributed by atoms with van der Waals surface area (Å²) < 4.78 is 58.1. The van der Waals surface area contributed by atoms with E-state index in [1.165, 1.54) is 18.9 Å². The van der Waals surface area contributed by atoms with Crippen molar-refractivity contribution in [1.29, 1.82) is 0 Å². The molecule has 0 N–H and O–H groups in total. The molecule has 1 nitrogen and oxygen atoms in total. The van der Waals surface area contributed by atoms with Crippen LogP contribution in [0.25, 0.3) is 22.0 Å². The fourth-order valence-electron chi connectivity index (χ4n) is 5.17. The highest BCUT2D eigenvalue weighted by atomic mass is 19.4. The van der Waals surface area contributed by atoms with Crippen LogP contribution in [0.3, 0.4) is 0 Å². The van der Waals surface area contributed by atoms with Crippen molar-refractivity contribution in [2.24, 2.45) is 0 Å². The molecule has 0 radical (unpaired) electrons. The van der Waals surface area contributed by atoms with Crippen molar-refractivity contribution in [1.82, 2.24) is 4.98 Å². The van der Waals surface area contributed by atoms with Crippen LogP contribution >= 0.6 is 0 Å². The molecule has 0 saturated carbocycles. The van der Waals surface area contributed by atoms with Crippen molar-refractivity contribution in [3.63, 3.8) is 0 Å². The first-order chi connectivity index (χ1) is 18.7. The Morgan fingerprint density at radius 1 is 0.718 bits per heavy atom. The van der Waals surface area contributed by atoms with E-state index in [1.54, 1.807) is 26.1 Å². The number of alkyl halides is 4. The van der Waals surface area contributed by atoms with Crippen molar-refractivity contribution in [3.05, 3.63) is 84.1 Å². The highest BCUT2D eigenvalue weighted by Gasteiger charge is 2.44. The molecule has 5 rings (SSSR count). The van der Waals surface area contributed by atoms with Gasteiger partial charge in [-0.05, 0) is 46.8 Å². The number of pyridine rings is 1. The first-order valence-corrected chi connectivity index (χ1v) is 14.1. The van der Waals surface area contributed by atoms with Crippen molar-refractivity contribution in [2.75, 3.05) is 0 Å². The number of hydrogen-bond acceptors (Lipinski definition) is 1. The van der Waals surface area contributed by atoms with E-state index in [0.717, 1.165) is 27.8 Å². The molecular formula is C33H38BF4N. The summed E-state index contributed by atoms with van der Waals surface area (Å²) in [6, 6.07) is 19.5. The molecule has 1 aliphatic heterocycles. The molecule has 0 amide bonds. The fraction of sp³-hybridized carbons (Fsp3) is 0.364. The summed E-state index contributed by atoms with van der Waals surface area (Å²) >= 11 is 0. The lowest BCUT2D eigenvalue weighted by atomic mass is 9.38. The van der Waals surface area contributed by atoms with E-state index in [1.807, 2.05) is 62.4 Å². The van der Waals surface area contributed by atoms with Crippen LogP contribution in [-0.2, 0) is 11.8 Å². The number of nitrogens with zero attached hydrogens (tertiary/aromatic N) is 1. The minimum atomic E-state index is -4.59. The normalized spacial score (nSPS) is 12.2. The van der Waals surface area contributed by atoms with Crippen molar-refractivity contribution in [3.8, 4) is 11.3 Å². The maximum absolute atomic E-state index is 16.1. The van der Waals surface area contributed by atoms with Crippen LogP contribution < -0.4 is 16.4 Å². The molecule has 0 unspecified atom stereocenters. The summed E-state index contributed by atoms with van der Waals surface area (Å²) in [5, 5.41) is 1.96. The van der Waals surface area contributed by atoms with E-state index < -0.39 is 24.1 Å². The molecule has 4 aromatic rings. The Hall–Kier alpha value is -3.15. The van der Waals surface area contributed by atoms with Crippen molar-refractivity contribution >= 4 is 33.9 Å². The minimum Gasteiger partial charge on any atom is -0.257 e. The minimum absolute atomic E-state index is 0.0817. The Bertz CT molecular complexity index is 1390. The first-order valence-electron chi connectivity index (χ1n) is 14.1. The Morgan fingerprint density at radius 3 is 1.95 bits per heavy atom. The van der Waals surface area contributed by atoms with Crippen LogP contribution in [-0.4, -0.2) is 11.7 Å². The van der Waals surface area contributed by atoms with Crippen LogP contribution in [0.15, 0.2) is 72.9 Å². The summed E-state index contributed by atoms with van der Waals surface area (Å²) in [6.07, 6.45) is -0.165. The molecule has 0 atom stereocenters. The number of fused-ring (bicyclic) bond motifs is 4. The monoisotopic (exact) mass is 535 g/mol. The standard InChI is InChI=1S/C27H22BF4N.C4H10.C2H6/c1-3-26(29,4-2)20-15-18(27(30,31)32)16-23-24(20)25-22(13-8-14-33-25)28(23)21-12-7-10-17-9-5-6-11-19(17)21;1-3-4-2;1-2/h5-16H,3-4H2,1-2H3;3-4H2,1-2H3;1-2H3. The Balaban J connectivity index is 0.000000644. The molecule has 1 aromatic heterocycles. The van der Waals surface area contributed by atoms with E-state index in [-0.39, 0.29) is 18.4 Å². The van der Waals surface area contributed by atoms with E-state index >= 15 is 4.39 Å². The predicted octanol–water partition coefficient (Wildman–Crippen LogP) is 8.57. The predicted molar refractivity (Wildman–Crippen MR) is 159 cm³/mol. The SMILES string of the molecule is CC.CCC(F)(CC)c1cc(C(F)(F)F)cc2c1-c1ncccc1B2c1cccc2ccccc12.CCCC. The summed E-state index contributed by atoms with van der Waals surface area (Å²) in [5.41, 5.74) is 0.615. The largest absolute Gasteiger partial charge is 0.416 e. The van der Waals surface area contributed by atoms with E-state index in [0.29, 0.717) is 16.7 Å². The van der Waals surface area contributed by atoms with Gasteiger partial charge in [-0.3, -0.25) is 4.98 Å². The summed E-state index contributed by atoms with van der Waals surface area (Å²) in [6.45, 7) is 11.2. The number of halogens is 4. The second-order valence-corrected chi connectivity index (χ2v) is 9.60. The zero-order valence-electron chi connectivity index (χ0n) is 23.8. The van der Waals surface area contributed by atoms with Crippen LogP contribution in [0.1, 0.15) is 78.4 Å². The van der Waals surface area contributed by atoms with Gasteiger partial charge in [-0.1, -0.05) is 120 Å². The number of benzene rings is 3. The quantitative estimate of drug-likeness (QED) is 0.162. The van der Waals surface area contributed by atoms with Crippen LogP contribution in [0.4, 0.5) is 17.6 Å². The topological polar surface area (TPSA) is 12.9 Å². The molecule has 0 bridgehead atoms. The van der Waals surface area contributed by atoms with Gasteiger partial charge in [0.1, 0.15) is 5.67 Å². The van der Waals surface area contributed by atoms with Crippen LogP contribution in [0.2, 0.25) is 0 Å². The van der Waals surface area contributed by atoms with Crippen molar-refractivity contribution in [2.45, 2.75) is 79.1 Å². The summed E-state index contributed by atoms with van der Waals surface area (Å²) in [4.78, 5) is 4.54. The first kappa shape index (κ1) is 30.4. The molecule has 0 spiro atoms. The highest BCUT2D eigenvalue weighted by Crippen LogP contribution is 2.42. The van der Waals surface area contributed by atoms with Gasteiger partial charge in [-0.2, -0.15) is 13.2 Å². The number of aromatic nitrogens is 1. The third-order valence-electron chi connectivity index (χ3n) is 7.43. The average molecular weight is 535 g/mol. The molecule has 39 heavy (non-hydrogen) atoms. The van der Waals surface area contributed by atoms with Gasteiger partial charge in [-0.15, -0.1) is 0 Å². The third kappa shape index (κ3) is 5.90. The zero-order valence-corrected chi connectivity index (χ0v) is 23.8. The second-order valence-electron chi connectivity index (χ2n) is 9.60. The van der Waals surface area contributed by atoms with Gasteiger partial charge >= 0.3 is 6.18 Å². The van der Waals surface area contributed by atoms with Gasteiger partial charge in [0.05, 0.1) is 11.3 Å². The molecule has 6 heteroatoms. The smallest absolute Gasteiger partial charge is 0.257 e. The number of hydrogen-bond donors (Lipinski definition) is 0. The lowest BCUT2D eigenvalue weighted by Gasteiger charge is -2.27. The zero-order chi connectivity index (χ0) is 28.8. The van der Waals surface area contributed by atoms with E-state index in [4.69, 9.17) is 0 Å². The molecule has 2 heterocycles. The molecular weight excluding hydrogens is 497 g/mol. The molecule has 3 aromatic carbocycles. The Labute approximate surface area is 230 Å². The lowest BCUT2D eigenvalue weighted by molar-refractivity contribution is -0.137. The van der Waals surface area contributed by atoms with E-state index in [9.17, 15) is 13.2 Å². The third-order valence-corrected chi connectivity index (χ3v) is 7.43. The van der Waals surface area contributed by atoms with Crippen molar-refractivity contribution < 1.29 is 17.6 Å². The fourth-order valence-corrected chi connectivity index (χ4v) is 5.17. The van der Waals surface area contributed by atoms with Gasteiger partial charge in [0, 0.05) is 11.8 Å². The van der Waals surface area contributed by atoms with Gasteiger partial charge < -0.3 is 0 Å². The van der Waals surface area contributed by atoms with Gasteiger partial charge in [0.25, 0.3) is 0 Å². The number of rotatable bonds is 5. The lowest BCUT2D eigenvalue weighted by Crippen LogP contribution is -2.49. The highest BCUT2D eigenvalue weighted by molar-refractivity contribution is 7.00. The van der Waals surface area contributed by atoms with Crippen LogP contribution in [0, 0.1) is 0 Å². The molecule has 206 valence electrons. The van der Waals surface area contributed by atoms with Gasteiger partial charge in [0.2, 0.25) is 6.71 Å². The van der Waals surface area contributed by atoms with Crippen LogP contribution in [0.5, 0.6) is 0 Å². The maximum atomic E-state index is 16.1. The van der Waals surface area contributed by atoms with E-state index in [2.05, 4.69) is 18.8 Å².